The fourth-order valence-electron chi connectivity index (χ4n) is 13.4. The molecule has 2 aromatic carbocycles. The molecule has 500 valence electrons. The van der Waals surface area contributed by atoms with Crippen LogP contribution in [-0.2, 0) is 59.2 Å². The Hall–Kier alpha value is -6.72. The minimum absolute atomic E-state index is 0.0198. The highest BCUT2D eigenvalue weighted by molar-refractivity contribution is 6.15. The van der Waals surface area contributed by atoms with E-state index in [1.165, 1.54) is 0 Å². The second-order valence-corrected chi connectivity index (χ2v) is 26.6. The summed E-state index contributed by atoms with van der Waals surface area (Å²) in [4.78, 5) is 140. The first-order chi connectivity index (χ1) is 42.3. The lowest BCUT2D eigenvalue weighted by atomic mass is 9.83. The van der Waals surface area contributed by atoms with Crippen molar-refractivity contribution < 1.29 is 67.0 Å². The Morgan fingerprint density at radius 1 is 0.767 bits per heavy atom. The number of likely N-dealkylation sites (tertiary alicyclic amines) is 1. The Balaban J connectivity index is 1.47. The first-order valence-corrected chi connectivity index (χ1v) is 32.1. The summed E-state index contributed by atoms with van der Waals surface area (Å²) < 4.78 is 12.4. The number of likely N-dealkylation sites (N-methyl/N-ethyl adjacent to an activating group) is 2. The number of primary amides is 1. The van der Waals surface area contributed by atoms with E-state index in [0.29, 0.717) is 38.0 Å². The number of nitrogens with zero attached hydrogens (tertiary/aromatic N) is 4. The number of amides is 8. The summed E-state index contributed by atoms with van der Waals surface area (Å²) in [6.07, 6.45) is 2.28. The second-order valence-electron chi connectivity index (χ2n) is 26.6. The topological polar surface area (TPSA) is 307 Å². The maximum absolute atomic E-state index is 15.0. The first-order valence-electron chi connectivity index (χ1n) is 32.1. The molecule has 22 heteroatoms. The molecule has 0 radical (unpaired) electrons. The Kier molecular flexibility index (Phi) is 29.6. The number of benzene rings is 2. The third-order valence-electron chi connectivity index (χ3n) is 18.5. The van der Waals surface area contributed by atoms with Gasteiger partial charge in [-0.1, -0.05) is 118 Å². The summed E-state index contributed by atoms with van der Waals surface area (Å²) >= 11 is 0. The Morgan fingerprint density at radius 2 is 1.39 bits per heavy atom. The van der Waals surface area contributed by atoms with Gasteiger partial charge in [-0.05, 0) is 67.1 Å². The zero-order valence-electron chi connectivity index (χ0n) is 56.1. The number of hydrogen-bond donors (Lipinski definition) is 6. The highest BCUT2D eigenvalue weighted by Crippen LogP contribution is 2.34. The van der Waals surface area contributed by atoms with Crippen LogP contribution < -0.4 is 27.4 Å². The molecule has 1 fully saturated rings. The van der Waals surface area contributed by atoms with Crippen molar-refractivity contribution in [2.45, 2.75) is 182 Å². The molecule has 8 amide bonds. The van der Waals surface area contributed by atoms with Crippen LogP contribution in [0.4, 0.5) is 10.5 Å². The fourth-order valence-corrected chi connectivity index (χ4v) is 13.4. The minimum atomic E-state index is -1.36. The average molecular weight is 1260 g/mol. The van der Waals surface area contributed by atoms with Crippen LogP contribution in [0.3, 0.4) is 0 Å². The van der Waals surface area contributed by atoms with E-state index >= 15 is 4.79 Å². The quantitative estimate of drug-likeness (QED) is 0.0251. The molecular formula is C68H106N9O13+. The maximum Gasteiger partial charge on any atom is 0.312 e. The third kappa shape index (κ3) is 20.4. The van der Waals surface area contributed by atoms with E-state index in [9.17, 15) is 48.3 Å². The molecule has 0 aliphatic carbocycles. The van der Waals surface area contributed by atoms with Gasteiger partial charge in [0.15, 0.2) is 17.6 Å². The summed E-state index contributed by atoms with van der Waals surface area (Å²) in [5.74, 6) is -7.08. The molecule has 22 nitrogen and oxygen atoms in total. The highest BCUT2D eigenvalue weighted by atomic mass is 16.5. The number of Topliss-reactive ketones (excluding diaryl/α,β-unsaturated/α-hetero) is 3. The van der Waals surface area contributed by atoms with E-state index in [0.717, 1.165) is 34.6 Å². The van der Waals surface area contributed by atoms with Gasteiger partial charge in [0.05, 0.1) is 57.0 Å². The van der Waals surface area contributed by atoms with E-state index in [2.05, 4.69) is 16.0 Å². The molecule has 1 saturated heterocycles. The number of anilines is 1. The van der Waals surface area contributed by atoms with E-state index < -0.39 is 102 Å². The summed E-state index contributed by atoms with van der Waals surface area (Å²) in [6, 6.07) is 11.8. The second kappa shape index (κ2) is 35.2. The van der Waals surface area contributed by atoms with Gasteiger partial charge in [-0.15, -0.1) is 0 Å². The van der Waals surface area contributed by atoms with E-state index in [1.807, 2.05) is 112 Å². The molecule has 2 heterocycles. The number of rotatable bonds is 38. The van der Waals surface area contributed by atoms with Gasteiger partial charge < -0.3 is 56.3 Å². The van der Waals surface area contributed by atoms with Gasteiger partial charge in [-0.25, -0.2) is 4.79 Å². The number of ether oxygens (including phenoxy) is 2. The molecule has 0 bridgehead atoms. The number of carbonyl (C=O) groups excluding carboxylic acids is 10. The number of nitrogens with two attached hydrogens (primary N) is 2. The summed E-state index contributed by atoms with van der Waals surface area (Å²) in [7, 11) is 8.81. The van der Waals surface area contributed by atoms with Crippen LogP contribution in [0, 0.1) is 47.3 Å². The monoisotopic (exact) mass is 1260 g/mol. The number of aliphatic hydroxyl groups excluding tert-OH is 1. The van der Waals surface area contributed by atoms with Crippen molar-refractivity contribution in [3.8, 4) is 0 Å². The molecule has 2 aliphatic heterocycles. The SMILES string of the molecule is CC[C@H](C)[C@@H]([C@@H](CC(=O)N1CCC[C@H]1[C@H](OC)[C@@H](C)C(=O)C[C@H](C)[C@@H](O)c1ccccc1)OC)N(C)C(=O)[C@@H](CC(=O)[C@H](C(C)C)[N+](C)(C)Cc1ccc(NC(=O)[C@H](CCCNC(N)=O)CC(=O)[C@@H](NC(=O)[C@H](CN)N2C(=O)C=CC2=O)C(C)C)cc1)C(C)C. The van der Waals surface area contributed by atoms with E-state index in [-0.39, 0.29) is 103 Å². The molecule has 0 saturated carbocycles. The van der Waals surface area contributed by atoms with Crippen molar-refractivity contribution >= 4 is 64.5 Å². The molecular weight excluding hydrogens is 1150 g/mol. The summed E-state index contributed by atoms with van der Waals surface area (Å²) in [5, 5.41) is 19.1. The van der Waals surface area contributed by atoms with Gasteiger partial charge in [0.25, 0.3) is 11.8 Å². The molecule has 2 aliphatic rings. The predicted molar refractivity (Wildman–Crippen MR) is 344 cm³/mol. The molecule has 0 unspecified atom stereocenters. The van der Waals surface area contributed by atoms with Gasteiger partial charge in [0.2, 0.25) is 23.6 Å². The molecule has 8 N–H and O–H groups in total. The van der Waals surface area contributed by atoms with Gasteiger partial charge in [0.1, 0.15) is 18.4 Å². The molecule has 0 aromatic heterocycles. The van der Waals surface area contributed by atoms with Crippen LogP contribution in [-0.4, -0.2) is 181 Å². The number of urea groups is 1. The van der Waals surface area contributed by atoms with Crippen LogP contribution in [0.2, 0.25) is 0 Å². The van der Waals surface area contributed by atoms with Gasteiger partial charge >= 0.3 is 6.03 Å². The highest BCUT2D eigenvalue weighted by Gasteiger charge is 2.45. The maximum atomic E-state index is 15.0. The Labute approximate surface area is 533 Å². The summed E-state index contributed by atoms with van der Waals surface area (Å²) in [5.41, 5.74) is 13.1. The van der Waals surface area contributed by atoms with Crippen molar-refractivity contribution in [1.82, 2.24) is 25.3 Å². The summed E-state index contributed by atoms with van der Waals surface area (Å²) in [6.45, 7) is 19.7. The minimum Gasteiger partial charge on any atom is -0.388 e. The normalized spacial score (nSPS) is 18.5. The first kappa shape index (κ1) is 75.7. The smallest absolute Gasteiger partial charge is 0.312 e. The predicted octanol–water partition coefficient (Wildman–Crippen LogP) is 6.12. The van der Waals surface area contributed by atoms with Crippen molar-refractivity contribution in [3.05, 3.63) is 77.9 Å². The van der Waals surface area contributed by atoms with Crippen LogP contribution in [0.25, 0.3) is 0 Å². The van der Waals surface area contributed by atoms with Gasteiger partial charge in [-0.3, -0.25) is 48.1 Å². The zero-order chi connectivity index (χ0) is 67.5. The number of nitrogens with one attached hydrogen (secondary N) is 3. The number of methoxy groups -OCH3 is 2. The fraction of sp³-hybridized carbons (Fsp3) is 0.647. The molecule has 2 aromatic rings. The van der Waals surface area contributed by atoms with Gasteiger partial charge in [0, 0.05) is 107 Å². The Bertz CT molecular complexity index is 2770. The third-order valence-corrected chi connectivity index (χ3v) is 18.5. The van der Waals surface area contributed by atoms with Crippen LogP contribution >= 0.6 is 0 Å². The number of aliphatic hydroxyl groups is 1. The molecule has 4 rings (SSSR count). The molecule has 13 atom stereocenters. The Morgan fingerprint density at radius 3 is 1.92 bits per heavy atom. The number of ketones is 3. The lowest BCUT2D eigenvalue weighted by molar-refractivity contribution is -0.922. The average Bonchev–Trinajstić information content (AvgIpc) is 1.71. The number of imide groups is 1. The largest absolute Gasteiger partial charge is 0.388 e. The van der Waals surface area contributed by atoms with Crippen LogP contribution in [0.5, 0.6) is 0 Å². The van der Waals surface area contributed by atoms with Crippen molar-refractivity contribution in [3.63, 3.8) is 0 Å². The molecule has 0 spiro atoms. The zero-order valence-corrected chi connectivity index (χ0v) is 56.1. The van der Waals surface area contributed by atoms with Gasteiger partial charge in [-0.2, -0.15) is 0 Å². The number of quaternary nitrogens is 1. The van der Waals surface area contributed by atoms with Crippen LogP contribution in [0.15, 0.2) is 66.7 Å². The lowest BCUT2D eigenvalue weighted by Crippen LogP contribution is -2.57. The van der Waals surface area contributed by atoms with Crippen molar-refractivity contribution in [1.29, 1.82) is 0 Å². The van der Waals surface area contributed by atoms with E-state index in [1.54, 1.807) is 57.0 Å². The lowest BCUT2D eigenvalue weighted by Gasteiger charge is -2.42. The van der Waals surface area contributed by atoms with Crippen molar-refractivity contribution in [2.24, 2.45) is 58.8 Å². The molecule has 90 heavy (non-hydrogen) atoms. The van der Waals surface area contributed by atoms with Crippen molar-refractivity contribution in [2.75, 3.05) is 60.3 Å². The number of carbonyl (C=O) groups is 10. The number of hydrogen-bond acceptors (Lipinski definition) is 14. The van der Waals surface area contributed by atoms with Crippen LogP contribution in [0.1, 0.15) is 144 Å². The van der Waals surface area contributed by atoms with E-state index in [4.69, 9.17) is 20.9 Å². The standard InChI is InChI=1S/C68H105N9O13/c1-16-43(8)61(56(89-14)37-59(83)75-33-21-25-51(75)64(90-15)45(10)53(78)34-44(9)63(84)47-22-18-17-19-23-47)74(11)67(87)50(40(2)3)36-55(80)62(42(6)7)77(12,13)39-46-26-28-49(29-27-46)72-65(85)48(24-20-32-71-68(70)88)35-54(79)60(41(4)5)73-66(86)52(38-69)76-57(81)30-31-58(76)82/h17-19,22-23,26-31,40-45,48,50-52,56,60-64,84H,16,20-21,24-25,32-39,69H2,1-15H3,(H4-,70,71,72,73,85,86,88)/p+1/t43-,44-,45-,48+,50-,51-,52-,56+,60-,61-,62-,63+,64+/m0/s1.